The fourth-order valence-corrected chi connectivity index (χ4v) is 2.70. The first kappa shape index (κ1) is 26.1. The Morgan fingerprint density at radius 3 is 1.82 bits per heavy atom. The van der Waals surface area contributed by atoms with E-state index in [1.165, 1.54) is 11.8 Å². The molecule has 0 spiro atoms. The Bertz CT molecular complexity index is 612. The molecular formula is C21H39N3O4. The predicted octanol–water partition coefficient (Wildman–Crippen LogP) is 2.40. The molecule has 7 heteroatoms. The van der Waals surface area contributed by atoms with E-state index < -0.39 is 34.9 Å². The number of aliphatic carboxylic acids is 1. The Hall–Kier alpha value is -1.89. The molecule has 0 rings (SSSR count). The molecule has 7 nitrogen and oxygen atoms in total. The zero-order valence-electron chi connectivity index (χ0n) is 19.1. The molecule has 0 heterocycles. The molecule has 0 fully saturated rings. The van der Waals surface area contributed by atoms with Crippen molar-refractivity contribution in [2.45, 2.75) is 80.4 Å². The van der Waals surface area contributed by atoms with Gasteiger partial charge < -0.3 is 21.1 Å². The summed E-state index contributed by atoms with van der Waals surface area (Å²) in [5, 5.41) is 12.0. The van der Waals surface area contributed by atoms with Crippen LogP contribution < -0.4 is 11.1 Å². The number of hydrogen-bond donors (Lipinski definition) is 3. The molecule has 0 aromatic carbocycles. The van der Waals surface area contributed by atoms with Gasteiger partial charge in [0.05, 0.1) is 12.1 Å². The molecule has 3 atom stereocenters. The molecule has 0 aromatic heterocycles. The molecule has 0 aliphatic carbocycles. The van der Waals surface area contributed by atoms with E-state index in [9.17, 15) is 19.5 Å². The van der Waals surface area contributed by atoms with Crippen LogP contribution in [0.1, 0.15) is 62.3 Å². The monoisotopic (exact) mass is 397 g/mol. The maximum atomic E-state index is 13.3. The van der Waals surface area contributed by atoms with Gasteiger partial charge in [-0.05, 0) is 23.7 Å². The van der Waals surface area contributed by atoms with Crippen molar-refractivity contribution in [1.29, 1.82) is 0 Å². The number of hydrogen-bond acceptors (Lipinski definition) is 4. The first-order chi connectivity index (χ1) is 12.4. The smallest absolute Gasteiger partial charge is 0.331 e. The van der Waals surface area contributed by atoms with Crippen molar-refractivity contribution >= 4 is 17.8 Å². The van der Waals surface area contributed by atoms with Crippen LogP contribution in [0, 0.1) is 16.7 Å². The molecule has 4 N–H and O–H groups in total. The summed E-state index contributed by atoms with van der Waals surface area (Å²) in [7, 11) is 1.63. The number of carboxylic acids is 1. The third-order valence-electron chi connectivity index (χ3n) is 4.85. The van der Waals surface area contributed by atoms with Crippen LogP contribution in [0.15, 0.2) is 11.6 Å². The minimum Gasteiger partial charge on any atom is -0.478 e. The summed E-state index contributed by atoms with van der Waals surface area (Å²) < 4.78 is 0. The number of carbonyl (C=O) groups is 3. The van der Waals surface area contributed by atoms with E-state index in [0.29, 0.717) is 0 Å². The second kappa shape index (κ2) is 9.54. The summed E-state index contributed by atoms with van der Waals surface area (Å²) in [5.74, 6) is -1.69. The lowest BCUT2D eigenvalue weighted by Crippen LogP contribution is -2.60. The fraction of sp³-hybridized carbons (Fsp3) is 0.762. The van der Waals surface area contributed by atoms with Gasteiger partial charge >= 0.3 is 5.97 Å². The van der Waals surface area contributed by atoms with Gasteiger partial charge in [0.2, 0.25) is 11.8 Å². The lowest BCUT2D eigenvalue weighted by Gasteiger charge is -2.38. The SMILES string of the molecule is C/C(=C\[C@H](C(C)C)N(C)C(=O)[C@@H](NC(=O)[C@@H](N)C(C)(C)C)C(C)(C)C)C(=O)O. The number of rotatable bonds is 7. The quantitative estimate of drug-likeness (QED) is 0.571. The van der Waals surface area contributed by atoms with Crippen molar-refractivity contribution in [2.75, 3.05) is 7.05 Å². The van der Waals surface area contributed by atoms with Gasteiger partial charge in [-0.2, -0.15) is 0 Å². The molecule has 162 valence electrons. The number of nitrogens with two attached hydrogens (primary N) is 1. The van der Waals surface area contributed by atoms with Gasteiger partial charge in [0, 0.05) is 12.6 Å². The van der Waals surface area contributed by atoms with Crippen LogP contribution in [0.4, 0.5) is 0 Å². The Kier molecular flexibility index (Phi) is 8.90. The first-order valence-corrected chi connectivity index (χ1v) is 9.65. The van der Waals surface area contributed by atoms with Gasteiger partial charge in [-0.25, -0.2) is 4.79 Å². The second-order valence-electron chi connectivity index (χ2n) is 9.99. The maximum absolute atomic E-state index is 13.3. The van der Waals surface area contributed by atoms with E-state index in [1.807, 2.05) is 55.4 Å². The normalized spacial score (nSPS) is 16.4. The first-order valence-electron chi connectivity index (χ1n) is 9.65. The number of nitrogens with zero attached hydrogens (tertiary/aromatic N) is 1. The number of likely N-dealkylation sites (N-methyl/N-ethyl adjacent to an activating group) is 1. The van der Waals surface area contributed by atoms with Gasteiger partial charge in [-0.1, -0.05) is 61.5 Å². The van der Waals surface area contributed by atoms with Crippen molar-refractivity contribution < 1.29 is 19.5 Å². The fourth-order valence-electron chi connectivity index (χ4n) is 2.70. The Balaban J connectivity index is 5.81. The molecule has 0 radical (unpaired) electrons. The average molecular weight is 398 g/mol. The van der Waals surface area contributed by atoms with E-state index in [1.54, 1.807) is 13.1 Å². The van der Waals surface area contributed by atoms with E-state index in [2.05, 4.69) is 5.32 Å². The third kappa shape index (κ3) is 7.26. The van der Waals surface area contributed by atoms with Crippen LogP contribution >= 0.6 is 0 Å². The van der Waals surface area contributed by atoms with E-state index >= 15 is 0 Å². The summed E-state index contributed by atoms with van der Waals surface area (Å²) in [6.45, 7) is 16.5. The highest BCUT2D eigenvalue weighted by molar-refractivity contribution is 5.91. The number of nitrogens with one attached hydrogen (secondary N) is 1. The van der Waals surface area contributed by atoms with Gasteiger partial charge in [0.25, 0.3) is 0 Å². The molecule has 0 aromatic rings. The standard InChI is InChI=1S/C21H39N3O4/c1-12(2)14(11-13(3)19(27)28)24(10)18(26)16(21(7,8)9)23-17(25)15(22)20(4,5)6/h11-12,14-16H,22H2,1-10H3,(H,23,25)(H,27,28)/b13-11+/t14-,15-,16-/m1/s1. The van der Waals surface area contributed by atoms with Crippen molar-refractivity contribution in [3.05, 3.63) is 11.6 Å². The minimum atomic E-state index is -1.02. The van der Waals surface area contributed by atoms with Crippen molar-refractivity contribution in [2.24, 2.45) is 22.5 Å². The summed E-state index contributed by atoms with van der Waals surface area (Å²) in [6, 6.07) is -1.97. The van der Waals surface area contributed by atoms with Gasteiger partial charge in [-0.15, -0.1) is 0 Å². The summed E-state index contributed by atoms with van der Waals surface area (Å²) in [5.41, 5.74) is 5.24. The molecule has 0 aliphatic rings. The highest BCUT2D eigenvalue weighted by Crippen LogP contribution is 2.25. The number of carboxylic acid groups (broad SMARTS) is 1. The zero-order chi connectivity index (χ0) is 22.6. The van der Waals surface area contributed by atoms with Crippen LogP contribution in [0.3, 0.4) is 0 Å². The summed E-state index contributed by atoms with van der Waals surface area (Å²) in [4.78, 5) is 38.7. The molecule has 0 unspecified atom stereocenters. The van der Waals surface area contributed by atoms with E-state index in [-0.39, 0.29) is 23.3 Å². The lowest BCUT2D eigenvalue weighted by molar-refractivity contribution is -0.141. The molecule has 0 bridgehead atoms. The van der Waals surface area contributed by atoms with Crippen LogP contribution in [0.2, 0.25) is 0 Å². The molecule has 2 amide bonds. The average Bonchev–Trinajstić information content (AvgIpc) is 2.52. The van der Waals surface area contributed by atoms with E-state index in [4.69, 9.17) is 5.73 Å². The topological polar surface area (TPSA) is 113 Å². The maximum Gasteiger partial charge on any atom is 0.331 e. The third-order valence-corrected chi connectivity index (χ3v) is 4.85. The Labute approximate surface area is 169 Å². The van der Waals surface area contributed by atoms with Crippen molar-refractivity contribution in [1.82, 2.24) is 10.2 Å². The van der Waals surface area contributed by atoms with Gasteiger partial charge in [-0.3, -0.25) is 9.59 Å². The molecular weight excluding hydrogens is 358 g/mol. The summed E-state index contributed by atoms with van der Waals surface area (Å²) in [6.07, 6.45) is 1.58. The van der Waals surface area contributed by atoms with Gasteiger partial charge in [0.1, 0.15) is 6.04 Å². The Morgan fingerprint density at radius 2 is 1.50 bits per heavy atom. The predicted molar refractivity (Wildman–Crippen MR) is 112 cm³/mol. The molecule has 0 saturated carbocycles. The lowest BCUT2D eigenvalue weighted by atomic mass is 9.83. The number of amides is 2. The van der Waals surface area contributed by atoms with Crippen LogP contribution in [-0.2, 0) is 14.4 Å². The molecule has 0 saturated heterocycles. The van der Waals surface area contributed by atoms with Crippen molar-refractivity contribution in [3.8, 4) is 0 Å². The Morgan fingerprint density at radius 1 is 1.04 bits per heavy atom. The largest absolute Gasteiger partial charge is 0.478 e. The highest BCUT2D eigenvalue weighted by atomic mass is 16.4. The van der Waals surface area contributed by atoms with Crippen molar-refractivity contribution in [3.63, 3.8) is 0 Å². The van der Waals surface area contributed by atoms with Gasteiger partial charge in [0.15, 0.2) is 0 Å². The molecule has 0 aliphatic heterocycles. The highest BCUT2D eigenvalue weighted by Gasteiger charge is 2.39. The summed E-state index contributed by atoms with van der Waals surface area (Å²) >= 11 is 0. The molecule has 28 heavy (non-hydrogen) atoms. The van der Waals surface area contributed by atoms with Crippen LogP contribution in [0.5, 0.6) is 0 Å². The number of carbonyl (C=O) groups excluding carboxylic acids is 2. The zero-order valence-corrected chi connectivity index (χ0v) is 19.1. The second-order valence-corrected chi connectivity index (χ2v) is 9.99. The van der Waals surface area contributed by atoms with Crippen LogP contribution in [0.25, 0.3) is 0 Å². The van der Waals surface area contributed by atoms with Crippen LogP contribution in [-0.4, -0.2) is 53.0 Å². The van der Waals surface area contributed by atoms with E-state index in [0.717, 1.165) is 0 Å². The minimum absolute atomic E-state index is 0.00333.